The number of carbonyl (C=O) groups excluding carboxylic acids is 1. The predicted molar refractivity (Wildman–Crippen MR) is 69.1 cm³/mol. The second-order valence-electron chi connectivity index (χ2n) is 5.27. The molecule has 3 N–H and O–H groups in total. The summed E-state index contributed by atoms with van der Waals surface area (Å²) in [6.07, 6.45) is 4.48. The number of nitrogen functional groups attached to an aromatic ring is 1. The number of hydrogen-bond acceptors (Lipinski definition) is 4. The van der Waals surface area contributed by atoms with E-state index in [0.717, 1.165) is 31.8 Å². The van der Waals surface area contributed by atoms with Gasteiger partial charge < -0.3 is 11.1 Å². The zero-order valence-corrected chi connectivity index (χ0v) is 10.6. The van der Waals surface area contributed by atoms with Crippen molar-refractivity contribution in [1.29, 1.82) is 0 Å². The van der Waals surface area contributed by atoms with E-state index >= 15 is 0 Å². The summed E-state index contributed by atoms with van der Waals surface area (Å²) in [5.74, 6) is -0.825. The number of rotatable bonds is 3. The number of amides is 1. The van der Waals surface area contributed by atoms with Crippen LogP contribution in [0.4, 0.5) is 10.2 Å². The Morgan fingerprint density at radius 2 is 2.26 bits per heavy atom. The van der Waals surface area contributed by atoms with Crippen LogP contribution in [-0.4, -0.2) is 41.0 Å². The summed E-state index contributed by atoms with van der Waals surface area (Å²) < 4.78 is 13.1. The molecule has 6 heteroatoms. The lowest BCUT2D eigenvalue weighted by Gasteiger charge is -2.16. The van der Waals surface area contributed by atoms with Crippen molar-refractivity contribution in [3.8, 4) is 0 Å². The lowest BCUT2D eigenvalue weighted by atomic mass is 10.2. The first kappa shape index (κ1) is 12.3. The molecule has 0 bridgehead atoms. The van der Waals surface area contributed by atoms with Gasteiger partial charge in [-0.15, -0.1) is 0 Å². The van der Waals surface area contributed by atoms with Crippen LogP contribution < -0.4 is 11.1 Å². The van der Waals surface area contributed by atoms with Crippen LogP contribution in [0, 0.1) is 5.82 Å². The summed E-state index contributed by atoms with van der Waals surface area (Å²) in [6, 6.07) is 1.96. The van der Waals surface area contributed by atoms with Gasteiger partial charge >= 0.3 is 0 Å². The quantitative estimate of drug-likeness (QED) is 0.846. The van der Waals surface area contributed by atoms with E-state index in [9.17, 15) is 9.18 Å². The maximum atomic E-state index is 13.1. The van der Waals surface area contributed by atoms with Crippen molar-refractivity contribution in [1.82, 2.24) is 15.2 Å². The van der Waals surface area contributed by atoms with Crippen molar-refractivity contribution in [2.45, 2.75) is 31.3 Å². The minimum atomic E-state index is -0.551. The van der Waals surface area contributed by atoms with Crippen molar-refractivity contribution in [3.05, 3.63) is 23.6 Å². The Kier molecular flexibility index (Phi) is 3.10. The molecule has 1 saturated heterocycles. The molecule has 2 heterocycles. The van der Waals surface area contributed by atoms with E-state index < -0.39 is 5.82 Å². The van der Waals surface area contributed by atoms with Crippen LogP contribution >= 0.6 is 0 Å². The zero-order valence-electron chi connectivity index (χ0n) is 10.6. The Morgan fingerprint density at radius 3 is 3.00 bits per heavy atom. The van der Waals surface area contributed by atoms with Crippen LogP contribution in [0.2, 0.25) is 0 Å². The zero-order chi connectivity index (χ0) is 13.4. The Hall–Kier alpha value is -1.69. The minimum Gasteiger partial charge on any atom is -0.383 e. The van der Waals surface area contributed by atoms with E-state index in [1.54, 1.807) is 0 Å². The number of nitrogens with two attached hydrogens (primary N) is 1. The van der Waals surface area contributed by atoms with Crippen molar-refractivity contribution in [3.63, 3.8) is 0 Å². The molecule has 1 saturated carbocycles. The van der Waals surface area contributed by atoms with Gasteiger partial charge in [0.2, 0.25) is 0 Å². The van der Waals surface area contributed by atoms with E-state index in [4.69, 9.17) is 5.73 Å². The highest BCUT2D eigenvalue weighted by Crippen LogP contribution is 2.29. The smallest absolute Gasteiger partial charge is 0.255 e. The van der Waals surface area contributed by atoms with Gasteiger partial charge in [-0.3, -0.25) is 9.69 Å². The first-order valence-electron chi connectivity index (χ1n) is 6.59. The molecule has 1 aliphatic heterocycles. The molecule has 102 valence electrons. The first-order chi connectivity index (χ1) is 9.13. The summed E-state index contributed by atoms with van der Waals surface area (Å²) in [4.78, 5) is 18.1. The maximum absolute atomic E-state index is 13.1. The number of anilines is 1. The molecule has 5 nitrogen and oxygen atoms in total. The highest BCUT2D eigenvalue weighted by Gasteiger charge is 2.35. The Bertz CT molecular complexity index is 503. The molecule has 1 aromatic heterocycles. The second-order valence-corrected chi connectivity index (χ2v) is 5.27. The third-order valence-corrected chi connectivity index (χ3v) is 3.75. The molecule has 1 aliphatic carbocycles. The fourth-order valence-corrected chi connectivity index (χ4v) is 2.57. The Morgan fingerprint density at radius 1 is 1.47 bits per heavy atom. The topological polar surface area (TPSA) is 71.2 Å². The summed E-state index contributed by atoms with van der Waals surface area (Å²) in [5, 5.41) is 2.91. The van der Waals surface area contributed by atoms with Crippen LogP contribution in [0.1, 0.15) is 29.6 Å². The molecular weight excluding hydrogens is 247 g/mol. The molecule has 2 aliphatic rings. The van der Waals surface area contributed by atoms with E-state index in [1.165, 1.54) is 12.8 Å². The molecule has 0 radical (unpaired) electrons. The van der Waals surface area contributed by atoms with E-state index in [0.29, 0.717) is 6.04 Å². The largest absolute Gasteiger partial charge is 0.383 e. The second kappa shape index (κ2) is 4.77. The first-order valence-corrected chi connectivity index (χ1v) is 6.59. The van der Waals surface area contributed by atoms with Crippen molar-refractivity contribution in [2.24, 2.45) is 0 Å². The van der Waals surface area contributed by atoms with Crippen molar-refractivity contribution < 1.29 is 9.18 Å². The molecule has 3 rings (SSSR count). The number of nitrogens with one attached hydrogen (secondary N) is 1. The van der Waals surface area contributed by atoms with Crippen LogP contribution in [-0.2, 0) is 0 Å². The van der Waals surface area contributed by atoms with Gasteiger partial charge in [0.05, 0.1) is 11.8 Å². The fourth-order valence-electron chi connectivity index (χ4n) is 2.57. The monoisotopic (exact) mass is 264 g/mol. The Labute approximate surface area is 111 Å². The number of halogens is 1. The summed E-state index contributed by atoms with van der Waals surface area (Å²) in [5.41, 5.74) is 5.72. The highest BCUT2D eigenvalue weighted by molar-refractivity contribution is 5.98. The molecule has 1 atom stereocenters. The number of hydrogen-bond donors (Lipinski definition) is 2. The molecule has 1 aromatic rings. The number of likely N-dealkylation sites (tertiary alicyclic amines) is 1. The van der Waals surface area contributed by atoms with Crippen LogP contribution in [0.3, 0.4) is 0 Å². The van der Waals surface area contributed by atoms with Crippen LogP contribution in [0.5, 0.6) is 0 Å². The van der Waals surface area contributed by atoms with Gasteiger partial charge in [-0.2, -0.15) is 0 Å². The lowest BCUT2D eigenvalue weighted by Crippen LogP contribution is -2.37. The average Bonchev–Trinajstić information content (AvgIpc) is 3.13. The van der Waals surface area contributed by atoms with Gasteiger partial charge in [-0.1, -0.05) is 0 Å². The maximum Gasteiger partial charge on any atom is 0.255 e. The molecular formula is C13H17FN4O. The normalized spacial score (nSPS) is 23.5. The van der Waals surface area contributed by atoms with Gasteiger partial charge in [-0.05, 0) is 25.3 Å². The molecule has 0 spiro atoms. The fraction of sp³-hybridized carbons (Fsp3) is 0.538. The van der Waals surface area contributed by atoms with Crippen molar-refractivity contribution in [2.75, 3.05) is 18.8 Å². The van der Waals surface area contributed by atoms with Crippen LogP contribution in [0.25, 0.3) is 0 Å². The van der Waals surface area contributed by atoms with Gasteiger partial charge in [0, 0.05) is 25.2 Å². The molecule has 1 amide bonds. The van der Waals surface area contributed by atoms with E-state index in [1.807, 2.05) is 0 Å². The molecule has 19 heavy (non-hydrogen) atoms. The summed E-state index contributed by atoms with van der Waals surface area (Å²) in [6.45, 7) is 1.89. The van der Waals surface area contributed by atoms with Crippen molar-refractivity contribution >= 4 is 11.7 Å². The standard InChI is InChI=1S/C13H17FN4O/c14-8-5-11(12(15)16-6-8)13(19)17-9-3-4-18(7-9)10-1-2-10/h5-6,9-10H,1-4,7H2,(H2,15,16)(H,17,19). The van der Waals surface area contributed by atoms with E-state index in [2.05, 4.69) is 15.2 Å². The highest BCUT2D eigenvalue weighted by atomic mass is 19.1. The van der Waals surface area contributed by atoms with Gasteiger partial charge in [0.1, 0.15) is 11.6 Å². The van der Waals surface area contributed by atoms with Gasteiger partial charge in [0.15, 0.2) is 0 Å². The molecule has 2 fully saturated rings. The Balaban J connectivity index is 1.63. The molecule has 1 unspecified atom stereocenters. The number of nitrogens with zero attached hydrogens (tertiary/aromatic N) is 2. The third kappa shape index (κ3) is 2.68. The van der Waals surface area contributed by atoms with Gasteiger partial charge in [0.25, 0.3) is 5.91 Å². The predicted octanol–water partition coefficient (Wildman–Crippen LogP) is 0.769. The number of carbonyl (C=O) groups is 1. The van der Waals surface area contributed by atoms with Crippen LogP contribution in [0.15, 0.2) is 12.3 Å². The molecule has 0 aromatic carbocycles. The average molecular weight is 264 g/mol. The van der Waals surface area contributed by atoms with Gasteiger partial charge in [-0.25, -0.2) is 9.37 Å². The number of pyridine rings is 1. The lowest BCUT2D eigenvalue weighted by molar-refractivity contribution is 0.0937. The number of aromatic nitrogens is 1. The minimum absolute atomic E-state index is 0.0657. The SMILES string of the molecule is Nc1ncc(F)cc1C(=O)NC1CCN(C2CC2)C1. The van der Waals surface area contributed by atoms with E-state index in [-0.39, 0.29) is 23.3 Å². The third-order valence-electron chi connectivity index (χ3n) is 3.75. The summed E-state index contributed by atoms with van der Waals surface area (Å²) >= 11 is 0. The summed E-state index contributed by atoms with van der Waals surface area (Å²) in [7, 11) is 0.